The molecule has 1 aromatic carbocycles. The number of nitrogen functional groups attached to an aromatic ring is 1. The van der Waals surface area contributed by atoms with Gasteiger partial charge in [0.25, 0.3) is 0 Å². The monoisotopic (exact) mass is 356 g/mol. The van der Waals surface area contributed by atoms with Gasteiger partial charge in [0.1, 0.15) is 6.23 Å². The van der Waals surface area contributed by atoms with Gasteiger partial charge in [-0.15, -0.1) is 0 Å². The minimum absolute atomic E-state index is 0.165. The fourth-order valence-corrected chi connectivity index (χ4v) is 3.17. The first-order chi connectivity index (χ1) is 12.7. The van der Waals surface area contributed by atoms with Crippen molar-refractivity contribution >= 4 is 22.7 Å². The molecule has 2 aromatic heterocycles. The number of nitrogens with zero attached hydrogens (tertiary/aromatic N) is 4. The van der Waals surface area contributed by atoms with E-state index in [4.69, 9.17) is 10.5 Å². The number of halogens is 1. The summed E-state index contributed by atoms with van der Waals surface area (Å²) in [5, 5.41) is 3.14. The molecule has 3 N–H and O–H groups in total. The van der Waals surface area contributed by atoms with E-state index >= 15 is 0 Å². The molecule has 1 unspecified atom stereocenters. The van der Waals surface area contributed by atoms with Gasteiger partial charge in [0.05, 0.1) is 6.33 Å². The molecule has 1 aliphatic rings. The van der Waals surface area contributed by atoms with Gasteiger partial charge in [0.15, 0.2) is 17.0 Å². The van der Waals surface area contributed by atoms with Gasteiger partial charge in [-0.1, -0.05) is 18.6 Å². The number of imidazole rings is 1. The highest BCUT2D eigenvalue weighted by Crippen LogP contribution is 2.27. The van der Waals surface area contributed by atoms with E-state index in [1.165, 1.54) is 0 Å². The Morgan fingerprint density at radius 3 is 2.88 bits per heavy atom. The lowest BCUT2D eigenvalue weighted by molar-refractivity contribution is 0.00928. The molecule has 0 amide bonds. The molecule has 8 heteroatoms. The molecule has 1 fully saturated rings. The third-order valence-electron chi connectivity index (χ3n) is 4.55. The molecule has 0 aliphatic carbocycles. The first kappa shape index (κ1) is 16.7. The van der Waals surface area contributed by atoms with Gasteiger partial charge in [0.2, 0.25) is 0 Å². The summed E-state index contributed by atoms with van der Waals surface area (Å²) in [6.07, 6.45) is 4.82. The topological polar surface area (TPSA) is 90.9 Å². The fraction of sp³-hybridized carbons (Fsp3) is 0.389. The number of benzene rings is 1. The Morgan fingerprint density at radius 2 is 2.04 bits per heavy atom. The first-order valence-electron chi connectivity index (χ1n) is 8.80. The van der Waals surface area contributed by atoms with Crippen molar-refractivity contribution in [1.82, 2.24) is 19.5 Å². The summed E-state index contributed by atoms with van der Waals surface area (Å²) in [5.41, 5.74) is 8.40. The second-order valence-electron chi connectivity index (χ2n) is 6.44. The van der Waals surface area contributed by atoms with Crippen molar-refractivity contribution in [2.75, 3.05) is 17.7 Å². The van der Waals surface area contributed by atoms with Gasteiger partial charge in [0, 0.05) is 18.8 Å². The van der Waals surface area contributed by atoms with E-state index in [0.717, 1.165) is 31.2 Å². The lowest BCUT2D eigenvalue weighted by Gasteiger charge is -2.16. The zero-order valence-corrected chi connectivity index (χ0v) is 14.4. The third kappa shape index (κ3) is 3.45. The molecule has 0 radical (unpaired) electrons. The Bertz CT molecular complexity index is 887. The molecular weight excluding hydrogens is 335 g/mol. The van der Waals surface area contributed by atoms with Crippen molar-refractivity contribution in [1.29, 1.82) is 0 Å². The summed E-state index contributed by atoms with van der Waals surface area (Å²) < 4.78 is 21.7. The maximum absolute atomic E-state index is 14.0. The Morgan fingerprint density at radius 1 is 1.19 bits per heavy atom. The lowest BCUT2D eigenvalue weighted by atomic mass is 10.2. The molecule has 0 bridgehead atoms. The summed E-state index contributed by atoms with van der Waals surface area (Å²) in [6, 6.07) is 7.47. The number of rotatable bonds is 4. The number of ether oxygens (including phenoxy) is 1. The van der Waals surface area contributed by atoms with Crippen LogP contribution in [-0.4, -0.2) is 26.1 Å². The maximum Gasteiger partial charge on any atom is 0.312 e. The van der Waals surface area contributed by atoms with E-state index in [1.54, 1.807) is 10.9 Å². The number of hydrogen-bond donors (Lipinski definition) is 2. The second-order valence-corrected chi connectivity index (χ2v) is 6.44. The summed E-state index contributed by atoms with van der Waals surface area (Å²) in [5.74, 6) is 0.372. The van der Waals surface area contributed by atoms with Crippen LogP contribution in [0, 0.1) is 6.08 Å². The molecule has 0 saturated carbocycles. The molecule has 3 aromatic rings. The standard InChI is InChI=1S/C18H21FN6O/c19-18-23-16(21-10-12-5-7-13(20)8-6-12)15-17(24-18)25(11-22-15)14-4-2-1-3-9-26-14/h5-8,11,14H,1-4,9-10,20H2,(H,21,23,24). The van der Waals surface area contributed by atoms with Crippen LogP contribution in [0.4, 0.5) is 15.9 Å². The van der Waals surface area contributed by atoms with Gasteiger partial charge in [-0.05, 0) is 37.0 Å². The zero-order valence-electron chi connectivity index (χ0n) is 14.4. The Kier molecular flexibility index (Phi) is 4.66. The minimum Gasteiger partial charge on any atom is -0.399 e. The van der Waals surface area contributed by atoms with Gasteiger partial charge in [-0.3, -0.25) is 4.57 Å². The van der Waals surface area contributed by atoms with Crippen LogP contribution in [0.15, 0.2) is 30.6 Å². The van der Waals surface area contributed by atoms with Crippen LogP contribution in [0.1, 0.15) is 37.5 Å². The van der Waals surface area contributed by atoms with E-state index in [0.29, 0.717) is 35.8 Å². The van der Waals surface area contributed by atoms with Gasteiger partial charge in [-0.2, -0.15) is 14.4 Å². The highest BCUT2D eigenvalue weighted by Gasteiger charge is 2.20. The summed E-state index contributed by atoms with van der Waals surface area (Å²) in [6.45, 7) is 1.18. The SMILES string of the molecule is Nc1ccc(CNc2nc(F)nc3c2ncn3C2CCCCCO2)cc1. The maximum atomic E-state index is 14.0. The summed E-state index contributed by atoms with van der Waals surface area (Å²) in [4.78, 5) is 12.2. The molecule has 136 valence electrons. The zero-order chi connectivity index (χ0) is 17.9. The van der Waals surface area contributed by atoms with E-state index in [-0.39, 0.29) is 6.23 Å². The van der Waals surface area contributed by atoms with Crippen LogP contribution in [0.25, 0.3) is 11.2 Å². The number of nitrogens with two attached hydrogens (primary N) is 1. The summed E-state index contributed by atoms with van der Waals surface area (Å²) in [7, 11) is 0. The van der Waals surface area contributed by atoms with Crippen molar-refractivity contribution in [3.8, 4) is 0 Å². The first-order valence-corrected chi connectivity index (χ1v) is 8.80. The number of nitrogens with one attached hydrogen (secondary N) is 1. The number of hydrogen-bond acceptors (Lipinski definition) is 6. The molecular formula is C18H21FN6O. The molecule has 1 aliphatic heterocycles. The minimum atomic E-state index is -0.785. The van der Waals surface area contributed by atoms with E-state index in [2.05, 4.69) is 20.3 Å². The Balaban J connectivity index is 1.61. The van der Waals surface area contributed by atoms with Crippen molar-refractivity contribution in [2.24, 2.45) is 0 Å². The van der Waals surface area contributed by atoms with Gasteiger partial charge >= 0.3 is 6.08 Å². The highest BCUT2D eigenvalue weighted by atomic mass is 19.1. The lowest BCUT2D eigenvalue weighted by Crippen LogP contribution is -2.12. The normalized spacial score (nSPS) is 18.0. The van der Waals surface area contributed by atoms with E-state index in [9.17, 15) is 4.39 Å². The van der Waals surface area contributed by atoms with Crippen LogP contribution >= 0.6 is 0 Å². The molecule has 26 heavy (non-hydrogen) atoms. The predicted octanol–water partition coefficient (Wildman–Crippen LogP) is 3.25. The molecule has 1 atom stereocenters. The molecule has 1 saturated heterocycles. The number of aromatic nitrogens is 4. The predicted molar refractivity (Wildman–Crippen MR) is 96.9 cm³/mol. The van der Waals surface area contributed by atoms with Gasteiger partial charge < -0.3 is 15.8 Å². The second kappa shape index (κ2) is 7.25. The highest BCUT2D eigenvalue weighted by molar-refractivity contribution is 5.82. The van der Waals surface area contributed by atoms with Crippen LogP contribution in [0.5, 0.6) is 0 Å². The quantitative estimate of drug-likeness (QED) is 0.551. The van der Waals surface area contributed by atoms with Crippen molar-refractivity contribution in [3.63, 3.8) is 0 Å². The van der Waals surface area contributed by atoms with Crippen LogP contribution in [-0.2, 0) is 11.3 Å². The summed E-state index contributed by atoms with van der Waals surface area (Å²) >= 11 is 0. The van der Waals surface area contributed by atoms with E-state index in [1.807, 2.05) is 24.3 Å². The van der Waals surface area contributed by atoms with Crippen molar-refractivity contribution in [2.45, 2.75) is 38.5 Å². The Hall–Kier alpha value is -2.74. The average Bonchev–Trinajstić information content (AvgIpc) is 2.88. The molecule has 4 rings (SSSR count). The largest absolute Gasteiger partial charge is 0.399 e. The number of fused-ring (bicyclic) bond motifs is 1. The Labute approximate surface area is 150 Å². The average molecular weight is 356 g/mol. The molecule has 7 nitrogen and oxygen atoms in total. The van der Waals surface area contributed by atoms with E-state index < -0.39 is 6.08 Å². The van der Waals surface area contributed by atoms with Crippen molar-refractivity contribution < 1.29 is 9.13 Å². The number of anilines is 2. The van der Waals surface area contributed by atoms with Crippen molar-refractivity contribution in [3.05, 3.63) is 42.2 Å². The third-order valence-corrected chi connectivity index (χ3v) is 4.55. The molecule has 3 heterocycles. The smallest absolute Gasteiger partial charge is 0.312 e. The fourth-order valence-electron chi connectivity index (χ4n) is 3.17. The molecule has 0 spiro atoms. The van der Waals surface area contributed by atoms with Gasteiger partial charge in [-0.25, -0.2) is 4.98 Å². The van der Waals surface area contributed by atoms with Crippen LogP contribution in [0.3, 0.4) is 0 Å². The van der Waals surface area contributed by atoms with Crippen LogP contribution in [0.2, 0.25) is 0 Å². The van der Waals surface area contributed by atoms with Crippen LogP contribution < -0.4 is 11.1 Å².